The number of carbonyl (C=O) groups is 1. The average Bonchev–Trinajstić information content (AvgIpc) is 3.24. The minimum Gasteiger partial charge on any atom is -0.317 e. The summed E-state index contributed by atoms with van der Waals surface area (Å²) in [6.45, 7) is 3.30. The van der Waals surface area contributed by atoms with Crippen molar-refractivity contribution >= 4 is 40.7 Å². The van der Waals surface area contributed by atoms with Gasteiger partial charge in [-0.3, -0.25) is 10.1 Å². The molecule has 1 saturated heterocycles. The maximum absolute atomic E-state index is 13.5. The van der Waals surface area contributed by atoms with Crippen molar-refractivity contribution in [2.75, 3.05) is 25.5 Å². The summed E-state index contributed by atoms with van der Waals surface area (Å²) in [6.07, 6.45) is 1.34. The van der Waals surface area contributed by atoms with E-state index in [0.29, 0.717) is 46.0 Å². The van der Waals surface area contributed by atoms with E-state index >= 15 is 0 Å². The summed E-state index contributed by atoms with van der Waals surface area (Å²) in [5, 5.41) is 15.6. The Balaban J connectivity index is 1.70. The zero-order chi connectivity index (χ0) is 24.6. The van der Waals surface area contributed by atoms with Gasteiger partial charge in [-0.2, -0.15) is 14.6 Å². The smallest absolute Gasteiger partial charge is 0.247 e. The van der Waals surface area contributed by atoms with Gasteiger partial charge in [0.05, 0.1) is 10.6 Å². The lowest BCUT2D eigenvalue weighted by Gasteiger charge is -2.35. The molecule has 8 nitrogen and oxygen atoms in total. The van der Waals surface area contributed by atoms with Crippen molar-refractivity contribution in [1.82, 2.24) is 30.2 Å². The average molecular weight is 510 g/mol. The largest absolute Gasteiger partial charge is 0.317 e. The van der Waals surface area contributed by atoms with E-state index in [2.05, 4.69) is 20.9 Å². The number of aromatic nitrogens is 4. The van der Waals surface area contributed by atoms with Crippen LogP contribution in [0.1, 0.15) is 18.7 Å². The summed E-state index contributed by atoms with van der Waals surface area (Å²) in [5.74, 6) is 0.667. The molecule has 3 N–H and O–H groups in total. The van der Waals surface area contributed by atoms with E-state index in [4.69, 9.17) is 33.3 Å². The third-order valence-corrected chi connectivity index (χ3v) is 7.04. The van der Waals surface area contributed by atoms with Crippen LogP contribution in [0.2, 0.25) is 10.0 Å². The fourth-order valence-electron chi connectivity index (χ4n) is 4.51. The second-order valence-corrected chi connectivity index (χ2v) is 9.42. The van der Waals surface area contributed by atoms with Crippen molar-refractivity contribution in [2.45, 2.75) is 25.3 Å². The molecule has 1 amide bonds. The van der Waals surface area contributed by atoms with Gasteiger partial charge in [0.1, 0.15) is 17.1 Å². The van der Waals surface area contributed by atoms with Crippen molar-refractivity contribution in [2.24, 2.45) is 0 Å². The predicted octanol–water partition coefficient (Wildman–Crippen LogP) is 4.35. The molecule has 1 aliphatic rings. The molecule has 2 aromatic heterocycles. The Hall–Kier alpha value is -3.04. The van der Waals surface area contributed by atoms with Crippen LogP contribution in [0.25, 0.3) is 28.0 Å². The summed E-state index contributed by atoms with van der Waals surface area (Å²) in [6, 6.07) is 15.0. The standard InChI is InChI=1S/C25H25Cl2N7O/c1-15-30-22-20(16-7-9-17(26)10-8-16)21(18-5-3-4-6-19(18)27)33-34(22)24(31-15)32-23(35)25(28-2)11-13-29-14-12-25/h3-10,28-29H,11-14H2,1-2H3,(H,30,31,32,35). The van der Waals surface area contributed by atoms with E-state index in [-0.39, 0.29) is 5.91 Å². The zero-order valence-electron chi connectivity index (χ0n) is 19.4. The highest BCUT2D eigenvalue weighted by Gasteiger charge is 2.38. The Bertz CT molecular complexity index is 1400. The van der Waals surface area contributed by atoms with Crippen LogP contribution >= 0.6 is 23.2 Å². The number of halogens is 2. The number of benzene rings is 2. The quantitative estimate of drug-likeness (QED) is 0.370. The highest BCUT2D eigenvalue weighted by atomic mass is 35.5. The Morgan fingerprint density at radius 1 is 1.06 bits per heavy atom. The molecular formula is C25H25Cl2N7O. The van der Waals surface area contributed by atoms with E-state index < -0.39 is 5.54 Å². The van der Waals surface area contributed by atoms with Crippen LogP contribution in [0.5, 0.6) is 0 Å². The van der Waals surface area contributed by atoms with Gasteiger partial charge < -0.3 is 10.6 Å². The Morgan fingerprint density at radius 2 is 1.77 bits per heavy atom. The van der Waals surface area contributed by atoms with Gasteiger partial charge in [0, 0.05) is 10.6 Å². The molecule has 1 fully saturated rings. The van der Waals surface area contributed by atoms with Crippen LogP contribution in [0.4, 0.5) is 5.95 Å². The first-order valence-electron chi connectivity index (χ1n) is 11.4. The molecule has 1 aliphatic heterocycles. The van der Waals surface area contributed by atoms with Crippen LogP contribution in [-0.2, 0) is 4.79 Å². The van der Waals surface area contributed by atoms with Crippen molar-refractivity contribution in [3.63, 3.8) is 0 Å². The molecule has 0 radical (unpaired) electrons. The van der Waals surface area contributed by atoms with Crippen LogP contribution in [0, 0.1) is 6.92 Å². The lowest BCUT2D eigenvalue weighted by atomic mass is 9.87. The molecule has 0 spiro atoms. The first-order valence-corrected chi connectivity index (χ1v) is 12.2. The van der Waals surface area contributed by atoms with Gasteiger partial charge >= 0.3 is 0 Å². The van der Waals surface area contributed by atoms with E-state index in [1.807, 2.05) is 55.6 Å². The van der Waals surface area contributed by atoms with Gasteiger partial charge in [-0.05, 0) is 63.7 Å². The van der Waals surface area contributed by atoms with Crippen molar-refractivity contribution in [3.05, 3.63) is 64.4 Å². The Kier molecular flexibility index (Phi) is 6.46. The predicted molar refractivity (Wildman–Crippen MR) is 139 cm³/mol. The summed E-state index contributed by atoms with van der Waals surface area (Å²) in [7, 11) is 1.81. The van der Waals surface area contributed by atoms with Crippen LogP contribution < -0.4 is 16.0 Å². The van der Waals surface area contributed by atoms with E-state index in [1.165, 1.54) is 0 Å². The zero-order valence-corrected chi connectivity index (χ0v) is 20.9. The van der Waals surface area contributed by atoms with Gasteiger partial charge in [0.2, 0.25) is 11.9 Å². The van der Waals surface area contributed by atoms with E-state index in [1.54, 1.807) is 11.4 Å². The van der Waals surface area contributed by atoms with Gasteiger partial charge in [-0.1, -0.05) is 53.5 Å². The summed E-state index contributed by atoms with van der Waals surface area (Å²) in [5.41, 5.74) is 2.92. The second-order valence-electron chi connectivity index (χ2n) is 8.58. The third kappa shape index (κ3) is 4.38. The maximum Gasteiger partial charge on any atom is 0.247 e. The minimum atomic E-state index is -0.686. The number of nitrogens with zero attached hydrogens (tertiary/aromatic N) is 4. The molecule has 4 aromatic rings. The molecule has 0 saturated carbocycles. The first-order chi connectivity index (χ1) is 16.9. The van der Waals surface area contributed by atoms with Crippen LogP contribution in [0.15, 0.2) is 48.5 Å². The van der Waals surface area contributed by atoms with Gasteiger partial charge in [0.15, 0.2) is 5.65 Å². The first kappa shape index (κ1) is 23.7. The van der Waals surface area contributed by atoms with Gasteiger partial charge in [-0.15, -0.1) is 0 Å². The number of hydrogen-bond acceptors (Lipinski definition) is 6. The van der Waals surface area contributed by atoms with E-state index in [0.717, 1.165) is 29.8 Å². The number of likely N-dealkylation sites (N-methyl/N-ethyl adjacent to an activating group) is 1. The topological polar surface area (TPSA) is 96.2 Å². The number of fused-ring (bicyclic) bond motifs is 1. The second kappa shape index (κ2) is 9.54. The van der Waals surface area contributed by atoms with Crippen molar-refractivity contribution in [3.8, 4) is 22.4 Å². The molecule has 0 atom stereocenters. The molecule has 10 heteroatoms. The van der Waals surface area contributed by atoms with Crippen LogP contribution in [-0.4, -0.2) is 51.2 Å². The molecule has 5 rings (SSSR count). The summed E-state index contributed by atoms with van der Waals surface area (Å²) < 4.78 is 1.58. The number of hydrogen-bond donors (Lipinski definition) is 3. The molecule has 180 valence electrons. The number of anilines is 1. The van der Waals surface area contributed by atoms with Gasteiger partial charge in [-0.25, -0.2) is 4.98 Å². The molecule has 2 aromatic carbocycles. The minimum absolute atomic E-state index is 0.149. The maximum atomic E-state index is 13.5. The van der Waals surface area contributed by atoms with Crippen LogP contribution in [0.3, 0.4) is 0 Å². The number of rotatable bonds is 5. The van der Waals surface area contributed by atoms with Gasteiger partial charge in [0.25, 0.3) is 0 Å². The fourth-order valence-corrected chi connectivity index (χ4v) is 4.86. The molecule has 0 unspecified atom stereocenters. The molecule has 35 heavy (non-hydrogen) atoms. The number of nitrogens with one attached hydrogen (secondary N) is 3. The summed E-state index contributed by atoms with van der Waals surface area (Å²) >= 11 is 12.7. The van der Waals surface area contributed by atoms with E-state index in [9.17, 15) is 4.79 Å². The normalized spacial score (nSPS) is 15.3. The Morgan fingerprint density at radius 3 is 2.46 bits per heavy atom. The number of piperidine rings is 1. The fraction of sp³-hybridized carbons (Fsp3) is 0.280. The van der Waals surface area contributed by atoms with Crippen molar-refractivity contribution in [1.29, 1.82) is 0 Å². The number of amides is 1. The number of aryl methyl sites for hydroxylation is 1. The molecule has 0 aliphatic carbocycles. The SMILES string of the molecule is CNC1(C(=O)Nc2nc(C)nc3c(-c4ccc(Cl)cc4)c(-c4ccccc4Cl)nn23)CCNCC1. The monoisotopic (exact) mass is 509 g/mol. The van der Waals surface area contributed by atoms with Crippen molar-refractivity contribution < 1.29 is 4.79 Å². The highest BCUT2D eigenvalue weighted by Crippen LogP contribution is 2.38. The Labute approximate surface area is 213 Å². The lowest BCUT2D eigenvalue weighted by Crippen LogP contribution is -2.58. The summed E-state index contributed by atoms with van der Waals surface area (Å²) in [4.78, 5) is 22.7. The molecule has 0 bridgehead atoms. The number of carbonyl (C=O) groups excluding carboxylic acids is 1. The lowest BCUT2D eigenvalue weighted by molar-refractivity contribution is -0.123. The third-order valence-electron chi connectivity index (χ3n) is 6.45. The highest BCUT2D eigenvalue weighted by molar-refractivity contribution is 6.33. The molecular weight excluding hydrogens is 485 g/mol. The molecule has 3 heterocycles.